The molecule has 2 fully saturated rings. The standard InChI is InChI=1S/C29H29F2NO2S/c1-2-20-5-3-4-6-28(20)35-18-19-7-9-21(10-8-19)29(33)32-23-12-13-24(32)17-25(16-23)34-27-14-11-22(30)15-26(27)31/h3-11,14-15,23-25H,2,12-13,16-18H2,1H3/t23-,24-/m0/s1. The van der Waals surface area contributed by atoms with Crippen LogP contribution >= 0.6 is 11.8 Å². The molecule has 2 heterocycles. The van der Waals surface area contributed by atoms with Gasteiger partial charge in [-0.05, 0) is 60.7 Å². The van der Waals surface area contributed by atoms with Gasteiger partial charge in [-0.1, -0.05) is 37.3 Å². The van der Waals surface area contributed by atoms with E-state index in [4.69, 9.17) is 4.74 Å². The van der Waals surface area contributed by atoms with Gasteiger partial charge in [0, 0.05) is 47.2 Å². The third kappa shape index (κ3) is 5.22. The lowest BCUT2D eigenvalue weighted by Crippen LogP contribution is -2.49. The number of aryl methyl sites for hydroxylation is 1. The quantitative estimate of drug-likeness (QED) is 0.331. The minimum atomic E-state index is -0.688. The second-order valence-electron chi connectivity index (χ2n) is 9.33. The lowest BCUT2D eigenvalue weighted by Gasteiger charge is -2.39. The monoisotopic (exact) mass is 493 g/mol. The van der Waals surface area contributed by atoms with Crippen molar-refractivity contribution in [2.75, 3.05) is 0 Å². The Kier molecular flexibility index (Phi) is 7.09. The van der Waals surface area contributed by atoms with Crippen molar-refractivity contribution in [3.05, 3.63) is 95.1 Å². The number of halogens is 2. The number of carbonyl (C=O) groups is 1. The third-order valence-electron chi connectivity index (χ3n) is 7.06. The van der Waals surface area contributed by atoms with Crippen LogP contribution in [-0.2, 0) is 12.2 Å². The molecule has 1 amide bonds. The van der Waals surface area contributed by atoms with Crippen LogP contribution in [0.25, 0.3) is 0 Å². The molecule has 0 spiro atoms. The van der Waals surface area contributed by atoms with Crippen molar-refractivity contribution in [1.82, 2.24) is 4.90 Å². The molecule has 3 nitrogen and oxygen atoms in total. The molecule has 182 valence electrons. The van der Waals surface area contributed by atoms with Crippen molar-refractivity contribution in [2.24, 2.45) is 0 Å². The van der Waals surface area contributed by atoms with E-state index in [2.05, 4.69) is 31.2 Å². The van der Waals surface area contributed by atoms with Crippen LogP contribution in [0, 0.1) is 11.6 Å². The van der Waals surface area contributed by atoms with Gasteiger partial charge in [0.05, 0.1) is 0 Å². The molecule has 2 atom stereocenters. The van der Waals surface area contributed by atoms with E-state index in [-0.39, 0.29) is 29.8 Å². The zero-order valence-corrected chi connectivity index (χ0v) is 20.6. The zero-order valence-electron chi connectivity index (χ0n) is 19.8. The smallest absolute Gasteiger partial charge is 0.254 e. The Hall–Kier alpha value is -2.86. The summed E-state index contributed by atoms with van der Waals surface area (Å²) in [5.74, 6) is -0.317. The maximum absolute atomic E-state index is 14.0. The van der Waals surface area contributed by atoms with E-state index >= 15 is 0 Å². The highest BCUT2D eigenvalue weighted by Gasteiger charge is 2.44. The van der Waals surface area contributed by atoms with Crippen LogP contribution < -0.4 is 4.74 Å². The number of fused-ring (bicyclic) bond motifs is 2. The summed E-state index contributed by atoms with van der Waals surface area (Å²) < 4.78 is 33.1. The largest absolute Gasteiger partial charge is 0.487 e. The Morgan fingerprint density at radius 3 is 2.40 bits per heavy atom. The summed E-state index contributed by atoms with van der Waals surface area (Å²) in [7, 11) is 0. The number of hydrogen-bond donors (Lipinski definition) is 0. The Morgan fingerprint density at radius 1 is 1.00 bits per heavy atom. The van der Waals surface area contributed by atoms with E-state index in [1.165, 1.54) is 28.2 Å². The molecule has 3 aromatic carbocycles. The molecule has 0 radical (unpaired) electrons. The summed E-state index contributed by atoms with van der Waals surface area (Å²) in [5, 5.41) is 0. The van der Waals surface area contributed by atoms with Crippen LogP contribution in [0.3, 0.4) is 0 Å². The van der Waals surface area contributed by atoms with Gasteiger partial charge in [0.2, 0.25) is 0 Å². The zero-order chi connectivity index (χ0) is 24.4. The summed E-state index contributed by atoms with van der Waals surface area (Å²) in [6, 6.07) is 20.0. The Bertz CT molecular complexity index is 1190. The number of thioether (sulfide) groups is 1. The molecular weight excluding hydrogens is 464 g/mol. The summed E-state index contributed by atoms with van der Waals surface area (Å²) in [4.78, 5) is 16.7. The highest BCUT2D eigenvalue weighted by atomic mass is 32.2. The van der Waals surface area contributed by atoms with Gasteiger partial charge >= 0.3 is 0 Å². The van der Waals surface area contributed by atoms with Gasteiger partial charge in [0.15, 0.2) is 11.6 Å². The van der Waals surface area contributed by atoms with Gasteiger partial charge < -0.3 is 9.64 Å². The molecule has 0 N–H and O–H groups in total. The van der Waals surface area contributed by atoms with E-state index in [1.807, 2.05) is 40.9 Å². The number of benzene rings is 3. The number of carbonyl (C=O) groups excluding carboxylic acids is 1. The fourth-order valence-electron chi connectivity index (χ4n) is 5.30. The van der Waals surface area contributed by atoms with Crippen molar-refractivity contribution >= 4 is 17.7 Å². The average Bonchev–Trinajstić information content (AvgIpc) is 3.14. The first kappa shape index (κ1) is 23.9. The molecule has 0 unspecified atom stereocenters. The van der Waals surface area contributed by atoms with Crippen molar-refractivity contribution in [2.45, 2.75) is 67.9 Å². The van der Waals surface area contributed by atoms with Gasteiger partial charge in [0.25, 0.3) is 5.91 Å². The SMILES string of the molecule is CCc1ccccc1SCc1ccc(C(=O)N2[C@H]3CC[C@H]2CC(Oc2ccc(F)cc2F)C3)cc1. The molecular formula is C29H29F2NO2S. The molecule has 5 rings (SSSR count). The van der Waals surface area contributed by atoms with Crippen molar-refractivity contribution < 1.29 is 18.3 Å². The van der Waals surface area contributed by atoms with E-state index < -0.39 is 11.6 Å². The van der Waals surface area contributed by atoms with Crippen LogP contribution in [0.4, 0.5) is 8.78 Å². The van der Waals surface area contributed by atoms with Gasteiger partial charge in [-0.3, -0.25) is 4.79 Å². The molecule has 0 saturated carbocycles. The van der Waals surface area contributed by atoms with E-state index in [0.29, 0.717) is 18.4 Å². The molecule has 0 aliphatic carbocycles. The van der Waals surface area contributed by atoms with E-state index in [0.717, 1.165) is 31.1 Å². The third-order valence-corrected chi connectivity index (χ3v) is 8.25. The summed E-state index contributed by atoms with van der Waals surface area (Å²) in [6.45, 7) is 2.17. The number of hydrogen-bond acceptors (Lipinski definition) is 3. The highest BCUT2D eigenvalue weighted by Crippen LogP contribution is 2.38. The predicted molar refractivity (Wildman–Crippen MR) is 135 cm³/mol. The topological polar surface area (TPSA) is 29.5 Å². The highest BCUT2D eigenvalue weighted by molar-refractivity contribution is 7.98. The van der Waals surface area contributed by atoms with Gasteiger partial charge in [-0.25, -0.2) is 8.78 Å². The maximum Gasteiger partial charge on any atom is 0.254 e. The predicted octanol–water partition coefficient (Wildman–Crippen LogP) is 7.03. The van der Waals surface area contributed by atoms with Crippen molar-refractivity contribution in [3.63, 3.8) is 0 Å². The lowest BCUT2D eigenvalue weighted by molar-refractivity contribution is 0.0349. The Morgan fingerprint density at radius 2 is 1.71 bits per heavy atom. The van der Waals surface area contributed by atoms with Gasteiger partial charge in [0.1, 0.15) is 11.9 Å². The Balaban J connectivity index is 1.20. The van der Waals surface area contributed by atoms with Crippen molar-refractivity contribution in [1.29, 1.82) is 0 Å². The second-order valence-corrected chi connectivity index (χ2v) is 10.3. The van der Waals surface area contributed by atoms with Crippen molar-refractivity contribution in [3.8, 4) is 5.75 Å². The molecule has 2 aliphatic heterocycles. The fraction of sp³-hybridized carbons (Fsp3) is 0.345. The number of amides is 1. The first-order chi connectivity index (χ1) is 17.0. The molecule has 3 aromatic rings. The van der Waals surface area contributed by atoms with Crippen LogP contribution in [0.1, 0.15) is 54.1 Å². The summed E-state index contributed by atoms with van der Waals surface area (Å²) >= 11 is 1.82. The number of nitrogens with zero attached hydrogens (tertiary/aromatic N) is 1. The average molecular weight is 494 g/mol. The molecule has 6 heteroatoms. The summed E-state index contributed by atoms with van der Waals surface area (Å²) in [5.41, 5.74) is 3.25. The normalized spacial score (nSPS) is 21.2. The van der Waals surface area contributed by atoms with Gasteiger partial charge in [-0.2, -0.15) is 0 Å². The maximum atomic E-state index is 14.0. The minimum absolute atomic E-state index is 0.0550. The molecule has 2 bridgehead atoms. The molecule has 2 aliphatic rings. The fourth-order valence-corrected chi connectivity index (χ4v) is 6.38. The second kappa shape index (κ2) is 10.4. The van der Waals surface area contributed by atoms with E-state index in [9.17, 15) is 13.6 Å². The molecule has 0 aromatic heterocycles. The van der Waals surface area contributed by atoms with E-state index in [1.54, 1.807) is 0 Å². The van der Waals surface area contributed by atoms with Crippen LogP contribution in [0.2, 0.25) is 0 Å². The first-order valence-electron chi connectivity index (χ1n) is 12.3. The Labute approximate surface area is 209 Å². The minimum Gasteiger partial charge on any atom is -0.487 e. The number of piperidine rings is 1. The first-order valence-corrected chi connectivity index (χ1v) is 13.2. The number of ether oxygens (including phenoxy) is 1. The lowest BCUT2D eigenvalue weighted by atomic mass is 9.98. The summed E-state index contributed by atoms with van der Waals surface area (Å²) in [6.07, 6.45) is 4.00. The number of rotatable bonds is 7. The molecule has 35 heavy (non-hydrogen) atoms. The van der Waals surface area contributed by atoms with Gasteiger partial charge in [-0.15, -0.1) is 11.8 Å². The van der Waals surface area contributed by atoms with Crippen LogP contribution in [0.15, 0.2) is 71.6 Å². The molecule has 2 saturated heterocycles. The van der Waals surface area contributed by atoms with Crippen LogP contribution in [0.5, 0.6) is 5.75 Å². The van der Waals surface area contributed by atoms with Crippen LogP contribution in [-0.4, -0.2) is 29.0 Å².